The Morgan fingerprint density at radius 1 is 1.32 bits per heavy atom. The fourth-order valence-electron chi connectivity index (χ4n) is 1.95. The topological polar surface area (TPSA) is 94.9 Å². The lowest BCUT2D eigenvalue weighted by Crippen LogP contribution is -2.08. The van der Waals surface area contributed by atoms with Gasteiger partial charge in [-0.2, -0.15) is 8.42 Å². The Morgan fingerprint density at radius 3 is 2.84 bits per heavy atom. The lowest BCUT2D eigenvalue weighted by atomic mass is 10.1. The molecule has 0 fully saturated rings. The fraction of sp³-hybridized carbons (Fsp3) is 0. The van der Waals surface area contributed by atoms with Gasteiger partial charge in [0, 0.05) is 24.2 Å². The molecular weight excluding hydrogens is 266 g/mol. The van der Waals surface area contributed by atoms with Gasteiger partial charge in [0.15, 0.2) is 0 Å². The number of nitrogens with one attached hydrogen (secondary N) is 1. The van der Waals surface area contributed by atoms with Crippen LogP contribution in [0.3, 0.4) is 0 Å². The van der Waals surface area contributed by atoms with Crippen molar-refractivity contribution in [2.75, 3.05) is 0 Å². The van der Waals surface area contributed by atoms with Crippen molar-refractivity contribution in [3.05, 3.63) is 58.6 Å². The second kappa shape index (κ2) is 4.15. The summed E-state index contributed by atoms with van der Waals surface area (Å²) in [6, 6.07) is 3.64. The first-order valence-corrected chi connectivity index (χ1v) is 6.86. The first-order valence-electron chi connectivity index (χ1n) is 5.42. The van der Waals surface area contributed by atoms with Crippen LogP contribution >= 0.6 is 0 Å². The van der Waals surface area contributed by atoms with Crippen molar-refractivity contribution in [1.29, 1.82) is 0 Å². The van der Waals surface area contributed by atoms with Gasteiger partial charge in [0.25, 0.3) is 10.1 Å². The van der Waals surface area contributed by atoms with E-state index in [1.54, 1.807) is 18.5 Å². The van der Waals surface area contributed by atoms with Crippen molar-refractivity contribution < 1.29 is 13.0 Å². The van der Waals surface area contributed by atoms with Crippen molar-refractivity contribution in [1.82, 2.24) is 4.98 Å². The molecule has 1 aromatic heterocycles. The highest BCUT2D eigenvalue weighted by molar-refractivity contribution is 7.90. The monoisotopic (exact) mass is 275 g/mol. The number of hydrogen-bond acceptors (Lipinski definition) is 4. The minimum atomic E-state index is -4.30. The van der Waals surface area contributed by atoms with Gasteiger partial charge in [-0.3, -0.25) is 14.5 Å². The molecule has 3 heterocycles. The zero-order chi connectivity index (χ0) is 13.5. The van der Waals surface area contributed by atoms with E-state index in [-0.39, 0.29) is 10.6 Å². The molecule has 1 aromatic rings. The molecule has 96 valence electrons. The first-order chi connectivity index (χ1) is 9.07. The van der Waals surface area contributed by atoms with Crippen LogP contribution in [-0.2, 0) is 10.1 Å². The molecule has 0 aromatic carbocycles. The number of hydrogen-bond donors (Lipinski definition) is 2. The van der Waals surface area contributed by atoms with E-state index in [9.17, 15) is 13.0 Å². The third kappa shape index (κ3) is 1.98. The van der Waals surface area contributed by atoms with Gasteiger partial charge in [-0.25, -0.2) is 0 Å². The molecule has 0 aliphatic carbocycles. The third-order valence-corrected chi connectivity index (χ3v) is 3.63. The SMILES string of the molecule is O=S(=O)(O)C1=CC=NC1=C1C=CN=C1c1ccc[nH]1. The zero-order valence-electron chi connectivity index (χ0n) is 9.61. The highest BCUT2D eigenvalue weighted by Gasteiger charge is 2.27. The molecule has 0 saturated carbocycles. The highest BCUT2D eigenvalue weighted by Crippen LogP contribution is 2.29. The first kappa shape index (κ1) is 11.8. The van der Waals surface area contributed by atoms with Gasteiger partial charge in [-0.05, 0) is 24.3 Å². The molecule has 7 heteroatoms. The van der Waals surface area contributed by atoms with Crippen molar-refractivity contribution in [3.8, 4) is 0 Å². The molecule has 2 aliphatic heterocycles. The van der Waals surface area contributed by atoms with Crippen molar-refractivity contribution in [2.24, 2.45) is 9.98 Å². The normalized spacial score (nSPS) is 21.9. The summed E-state index contributed by atoms with van der Waals surface area (Å²) in [7, 11) is -4.30. The molecule has 0 spiro atoms. The number of H-pyrrole nitrogens is 1. The fourth-order valence-corrected chi connectivity index (χ4v) is 2.59. The highest BCUT2D eigenvalue weighted by atomic mass is 32.2. The van der Waals surface area contributed by atoms with E-state index in [0.29, 0.717) is 11.3 Å². The third-order valence-electron chi connectivity index (χ3n) is 2.75. The van der Waals surface area contributed by atoms with E-state index in [4.69, 9.17) is 0 Å². The summed E-state index contributed by atoms with van der Waals surface area (Å²) >= 11 is 0. The van der Waals surface area contributed by atoms with Gasteiger partial charge >= 0.3 is 0 Å². The number of aromatic amines is 1. The number of aromatic nitrogens is 1. The van der Waals surface area contributed by atoms with Gasteiger partial charge < -0.3 is 4.98 Å². The quantitative estimate of drug-likeness (QED) is 0.799. The summed E-state index contributed by atoms with van der Waals surface area (Å²) in [6.45, 7) is 0. The number of allylic oxidation sites excluding steroid dienone is 3. The maximum absolute atomic E-state index is 11.3. The molecule has 2 aliphatic rings. The molecule has 0 radical (unpaired) electrons. The Labute approximate surface area is 109 Å². The van der Waals surface area contributed by atoms with E-state index < -0.39 is 10.1 Å². The standard InChI is InChI=1S/C12H9N3O3S/c16-19(17,18)10-4-7-15-12(10)8-3-6-14-11(8)9-2-1-5-13-9/h1-7,13H,(H,16,17,18). The van der Waals surface area contributed by atoms with Crippen molar-refractivity contribution >= 4 is 22.0 Å². The van der Waals surface area contributed by atoms with E-state index in [1.807, 2.05) is 12.1 Å². The van der Waals surface area contributed by atoms with Crippen molar-refractivity contribution in [3.63, 3.8) is 0 Å². The van der Waals surface area contributed by atoms with Crippen LogP contribution in [0.4, 0.5) is 0 Å². The molecule has 0 amide bonds. The van der Waals surface area contributed by atoms with Crippen LogP contribution in [0.2, 0.25) is 0 Å². The van der Waals surface area contributed by atoms with E-state index in [2.05, 4.69) is 15.0 Å². The lowest BCUT2D eigenvalue weighted by molar-refractivity contribution is 0.491. The van der Waals surface area contributed by atoms with Gasteiger partial charge in [0.1, 0.15) is 4.91 Å². The maximum Gasteiger partial charge on any atom is 0.296 e. The van der Waals surface area contributed by atoms with Crippen LogP contribution in [0.15, 0.2) is 62.8 Å². The second-order valence-electron chi connectivity index (χ2n) is 3.92. The summed E-state index contributed by atoms with van der Waals surface area (Å²) < 4.78 is 31.8. The van der Waals surface area contributed by atoms with Crippen LogP contribution in [0.1, 0.15) is 5.69 Å². The molecule has 0 atom stereocenters. The molecule has 3 rings (SSSR count). The second-order valence-corrected chi connectivity index (χ2v) is 5.31. The molecule has 2 N–H and O–H groups in total. The minimum absolute atomic E-state index is 0.199. The predicted octanol–water partition coefficient (Wildman–Crippen LogP) is 1.44. The summed E-state index contributed by atoms with van der Waals surface area (Å²) in [4.78, 5) is 11.0. The summed E-state index contributed by atoms with van der Waals surface area (Å²) in [5, 5.41) is 0. The van der Waals surface area contributed by atoms with Crippen LogP contribution in [0, 0.1) is 0 Å². The minimum Gasteiger partial charge on any atom is -0.360 e. The molecule has 0 unspecified atom stereocenters. The Kier molecular flexibility index (Phi) is 2.58. The molecular formula is C12H9N3O3S. The molecule has 0 bridgehead atoms. The molecule has 0 saturated heterocycles. The lowest BCUT2D eigenvalue weighted by Gasteiger charge is -2.06. The Morgan fingerprint density at radius 2 is 2.16 bits per heavy atom. The maximum atomic E-state index is 11.3. The largest absolute Gasteiger partial charge is 0.360 e. The van der Waals surface area contributed by atoms with Crippen molar-refractivity contribution in [2.45, 2.75) is 0 Å². The number of aliphatic imine (C=N–C) groups is 2. The van der Waals surface area contributed by atoms with Crippen LogP contribution in [0.25, 0.3) is 0 Å². The Hall–Kier alpha value is -2.25. The van der Waals surface area contributed by atoms with Gasteiger partial charge in [0.05, 0.1) is 17.1 Å². The summed E-state index contributed by atoms with van der Waals surface area (Å²) in [5.74, 6) is 0. The smallest absolute Gasteiger partial charge is 0.296 e. The van der Waals surface area contributed by atoms with Crippen LogP contribution < -0.4 is 0 Å². The Balaban J connectivity index is 2.14. The Bertz CT molecular complexity index is 778. The zero-order valence-corrected chi connectivity index (χ0v) is 10.4. The van der Waals surface area contributed by atoms with Gasteiger partial charge in [0.2, 0.25) is 0 Å². The average molecular weight is 275 g/mol. The molecule has 19 heavy (non-hydrogen) atoms. The summed E-state index contributed by atoms with van der Waals surface area (Å²) in [6.07, 6.45) is 7.57. The van der Waals surface area contributed by atoms with Gasteiger partial charge in [-0.15, -0.1) is 0 Å². The average Bonchev–Trinajstić information content (AvgIpc) is 3.09. The predicted molar refractivity (Wildman–Crippen MR) is 71.6 cm³/mol. The van der Waals surface area contributed by atoms with Gasteiger partial charge in [-0.1, -0.05) is 0 Å². The number of rotatable bonds is 2. The van der Waals surface area contributed by atoms with E-state index in [1.165, 1.54) is 12.3 Å². The summed E-state index contributed by atoms with van der Waals surface area (Å²) in [5.41, 5.74) is 2.10. The van der Waals surface area contributed by atoms with E-state index >= 15 is 0 Å². The van der Waals surface area contributed by atoms with E-state index in [0.717, 1.165) is 5.69 Å². The number of nitrogens with zero attached hydrogens (tertiary/aromatic N) is 2. The van der Waals surface area contributed by atoms with Crippen LogP contribution in [-0.4, -0.2) is 29.9 Å². The molecule has 6 nitrogen and oxygen atoms in total. The van der Waals surface area contributed by atoms with Crippen LogP contribution in [0.5, 0.6) is 0 Å².